The van der Waals surface area contributed by atoms with E-state index in [0.29, 0.717) is 0 Å². The Morgan fingerprint density at radius 2 is 2.00 bits per heavy atom. The number of aromatic nitrogens is 1. The Bertz CT molecular complexity index is 335. The molecule has 2 N–H and O–H groups in total. The van der Waals surface area contributed by atoms with Gasteiger partial charge in [0.1, 0.15) is 0 Å². The molecule has 2 nitrogen and oxygen atoms in total. The largest absolute Gasteiger partial charge is 0.418 e. The highest BCUT2D eigenvalue weighted by atomic mass is 35.5. The number of alkyl halides is 3. The third-order valence-electron chi connectivity index (χ3n) is 1.45. The molecule has 1 heterocycles. The van der Waals surface area contributed by atoms with Crippen molar-refractivity contribution in [2.24, 2.45) is 0 Å². The lowest BCUT2D eigenvalue weighted by Gasteiger charge is -2.10. The van der Waals surface area contributed by atoms with Gasteiger partial charge >= 0.3 is 6.18 Å². The minimum atomic E-state index is -4.48. The summed E-state index contributed by atoms with van der Waals surface area (Å²) in [6, 6.07) is 0.862. The van der Waals surface area contributed by atoms with Gasteiger partial charge in [0.15, 0.2) is 5.15 Å². The molecule has 1 rings (SSSR count). The van der Waals surface area contributed by atoms with Gasteiger partial charge in [0, 0.05) is 5.69 Å². The second-order valence-electron chi connectivity index (χ2n) is 2.51. The number of nitrogens with two attached hydrogens (primary N) is 1. The van der Waals surface area contributed by atoms with E-state index in [9.17, 15) is 13.2 Å². The van der Waals surface area contributed by atoms with Crippen LogP contribution in [0.4, 0.5) is 18.9 Å². The van der Waals surface area contributed by atoms with Crippen molar-refractivity contribution in [1.82, 2.24) is 4.98 Å². The van der Waals surface area contributed by atoms with Gasteiger partial charge in [-0.1, -0.05) is 11.6 Å². The van der Waals surface area contributed by atoms with Crippen molar-refractivity contribution in [3.8, 4) is 0 Å². The van der Waals surface area contributed by atoms with Crippen LogP contribution in [0, 0.1) is 6.92 Å². The summed E-state index contributed by atoms with van der Waals surface area (Å²) >= 11 is 5.39. The lowest BCUT2D eigenvalue weighted by atomic mass is 10.2. The molecule has 0 bridgehead atoms. The molecule has 0 saturated heterocycles. The molecular weight excluding hydrogens is 205 g/mol. The predicted octanol–water partition coefficient (Wildman–Crippen LogP) is 2.64. The zero-order valence-electron chi connectivity index (χ0n) is 6.61. The van der Waals surface area contributed by atoms with E-state index in [1.807, 2.05) is 0 Å². The quantitative estimate of drug-likeness (QED) is 0.669. The molecule has 72 valence electrons. The van der Waals surface area contributed by atoms with Crippen molar-refractivity contribution >= 4 is 17.3 Å². The molecule has 6 heteroatoms. The lowest BCUT2D eigenvalue weighted by Crippen LogP contribution is -2.10. The maximum atomic E-state index is 12.2. The van der Waals surface area contributed by atoms with Crippen LogP contribution in [0.15, 0.2) is 6.07 Å². The average Bonchev–Trinajstić information content (AvgIpc) is 1.94. The maximum absolute atomic E-state index is 12.2. The molecule has 0 aliphatic carbocycles. The third-order valence-corrected chi connectivity index (χ3v) is 1.73. The van der Waals surface area contributed by atoms with E-state index in [1.165, 1.54) is 6.92 Å². The minimum absolute atomic E-state index is 0.187. The van der Waals surface area contributed by atoms with Crippen LogP contribution in [0.1, 0.15) is 11.3 Å². The highest BCUT2D eigenvalue weighted by Crippen LogP contribution is 2.36. The smallest absolute Gasteiger partial charge is 0.396 e. The van der Waals surface area contributed by atoms with E-state index >= 15 is 0 Å². The molecule has 0 aromatic carbocycles. The summed E-state index contributed by atoms with van der Waals surface area (Å²) in [5.74, 6) is 0. The first-order chi connectivity index (χ1) is 5.82. The Hall–Kier alpha value is -0.970. The molecule has 0 radical (unpaired) electrons. The summed E-state index contributed by atoms with van der Waals surface area (Å²) in [6.45, 7) is 1.42. The summed E-state index contributed by atoms with van der Waals surface area (Å²) in [6.07, 6.45) is -4.48. The van der Waals surface area contributed by atoms with E-state index in [1.54, 1.807) is 0 Å². The fourth-order valence-electron chi connectivity index (χ4n) is 0.880. The molecule has 0 aliphatic heterocycles. The van der Waals surface area contributed by atoms with Crippen molar-refractivity contribution in [3.63, 3.8) is 0 Å². The number of rotatable bonds is 0. The van der Waals surface area contributed by atoms with Gasteiger partial charge in [-0.05, 0) is 13.0 Å². The number of hydrogen-bond acceptors (Lipinski definition) is 2. The molecular formula is C7H6ClF3N2. The summed E-state index contributed by atoms with van der Waals surface area (Å²) < 4.78 is 36.7. The number of aryl methyl sites for hydroxylation is 1. The molecule has 0 unspecified atom stereocenters. The third kappa shape index (κ3) is 2.03. The van der Waals surface area contributed by atoms with Crippen LogP contribution >= 0.6 is 11.6 Å². The van der Waals surface area contributed by atoms with Crippen LogP contribution in [-0.4, -0.2) is 4.98 Å². The molecule has 1 aromatic rings. The Morgan fingerprint density at radius 1 is 1.46 bits per heavy atom. The van der Waals surface area contributed by atoms with Crippen molar-refractivity contribution in [2.45, 2.75) is 13.1 Å². The summed E-state index contributed by atoms with van der Waals surface area (Å²) in [5.41, 5.74) is 3.84. The van der Waals surface area contributed by atoms with Gasteiger partial charge < -0.3 is 5.73 Å². The molecule has 0 spiro atoms. The second-order valence-corrected chi connectivity index (χ2v) is 2.87. The molecule has 0 aliphatic rings. The van der Waals surface area contributed by atoms with Crippen LogP contribution in [0.2, 0.25) is 5.15 Å². The molecule has 0 fully saturated rings. The van der Waals surface area contributed by atoms with E-state index in [4.69, 9.17) is 17.3 Å². The van der Waals surface area contributed by atoms with Crippen molar-refractivity contribution < 1.29 is 13.2 Å². The highest BCUT2D eigenvalue weighted by molar-refractivity contribution is 6.32. The molecule has 0 atom stereocenters. The van der Waals surface area contributed by atoms with Gasteiger partial charge in [-0.3, -0.25) is 0 Å². The van der Waals surface area contributed by atoms with Gasteiger partial charge in [-0.15, -0.1) is 0 Å². The van der Waals surface area contributed by atoms with Gasteiger partial charge in [0.05, 0.1) is 11.3 Å². The van der Waals surface area contributed by atoms with E-state index < -0.39 is 17.4 Å². The van der Waals surface area contributed by atoms with Crippen molar-refractivity contribution in [1.29, 1.82) is 0 Å². The van der Waals surface area contributed by atoms with Crippen LogP contribution in [0.25, 0.3) is 0 Å². The van der Waals surface area contributed by atoms with Gasteiger partial charge in [0.2, 0.25) is 0 Å². The van der Waals surface area contributed by atoms with E-state index in [2.05, 4.69) is 4.98 Å². The van der Waals surface area contributed by atoms with Gasteiger partial charge in [-0.25, -0.2) is 4.98 Å². The Kier molecular flexibility index (Phi) is 2.38. The van der Waals surface area contributed by atoms with Crippen molar-refractivity contribution in [2.75, 3.05) is 5.73 Å². The van der Waals surface area contributed by atoms with E-state index in [0.717, 1.165) is 6.07 Å². The summed E-state index contributed by atoms with van der Waals surface area (Å²) in [4.78, 5) is 3.59. The zero-order chi connectivity index (χ0) is 10.2. The second kappa shape index (κ2) is 3.06. The van der Waals surface area contributed by atoms with Gasteiger partial charge in [-0.2, -0.15) is 13.2 Å². The Labute approximate surface area is 77.5 Å². The Morgan fingerprint density at radius 3 is 2.46 bits per heavy atom. The maximum Gasteiger partial charge on any atom is 0.418 e. The first-order valence-electron chi connectivity index (χ1n) is 3.32. The molecule has 0 amide bonds. The lowest BCUT2D eigenvalue weighted by molar-refractivity contribution is -0.137. The van der Waals surface area contributed by atoms with Crippen LogP contribution in [0.3, 0.4) is 0 Å². The zero-order valence-corrected chi connectivity index (χ0v) is 7.37. The monoisotopic (exact) mass is 210 g/mol. The minimum Gasteiger partial charge on any atom is -0.396 e. The normalized spacial score (nSPS) is 11.8. The highest BCUT2D eigenvalue weighted by Gasteiger charge is 2.34. The molecule has 1 aromatic heterocycles. The fourth-order valence-corrected chi connectivity index (χ4v) is 1.11. The van der Waals surface area contributed by atoms with Gasteiger partial charge in [0.25, 0.3) is 0 Å². The number of nitrogen functional groups attached to an aromatic ring is 1. The number of hydrogen-bond donors (Lipinski definition) is 1. The topological polar surface area (TPSA) is 38.9 Å². The number of halogens is 4. The number of pyridine rings is 1. The summed E-state index contributed by atoms with van der Waals surface area (Å²) in [7, 11) is 0. The first-order valence-corrected chi connectivity index (χ1v) is 3.70. The van der Waals surface area contributed by atoms with Crippen molar-refractivity contribution in [3.05, 3.63) is 22.5 Å². The SMILES string of the molecule is Cc1cc(C(F)(F)F)c(N)c(Cl)n1. The predicted molar refractivity (Wildman–Crippen MR) is 43.4 cm³/mol. The Balaban J connectivity index is 3.37. The summed E-state index contributed by atoms with van der Waals surface area (Å²) in [5, 5.41) is -0.313. The fraction of sp³-hybridized carbons (Fsp3) is 0.286. The number of anilines is 1. The van der Waals surface area contributed by atoms with Crippen LogP contribution in [-0.2, 0) is 6.18 Å². The number of nitrogens with zero attached hydrogens (tertiary/aromatic N) is 1. The van der Waals surface area contributed by atoms with Crippen LogP contribution < -0.4 is 5.73 Å². The molecule has 13 heavy (non-hydrogen) atoms. The average molecular weight is 211 g/mol. The van der Waals surface area contributed by atoms with E-state index in [-0.39, 0.29) is 10.8 Å². The molecule has 0 saturated carbocycles. The first kappa shape index (κ1) is 10.1. The van der Waals surface area contributed by atoms with Crippen LogP contribution in [0.5, 0.6) is 0 Å². The standard InChI is InChI=1S/C7H6ClF3N2/c1-3-2-4(7(9,10)11)5(12)6(8)13-3/h2H,12H2,1H3.